The van der Waals surface area contributed by atoms with Gasteiger partial charge in [-0.1, -0.05) is 45.9 Å². The van der Waals surface area contributed by atoms with Crippen LogP contribution in [0.2, 0.25) is 0 Å². The lowest BCUT2D eigenvalue weighted by molar-refractivity contribution is -0.442. The number of carbonyl (C=O) groups is 3. The van der Waals surface area contributed by atoms with Crippen LogP contribution in [0.3, 0.4) is 0 Å². The highest BCUT2D eigenvalue weighted by Crippen LogP contribution is 2.51. The van der Waals surface area contributed by atoms with E-state index >= 15 is 0 Å². The second-order valence-electron chi connectivity index (χ2n) is 13.8. The number of hydrogen-bond donors (Lipinski definition) is 1. The zero-order chi connectivity index (χ0) is 32.9. The minimum Gasteiger partial charge on any atom is -0.330 e. The van der Waals surface area contributed by atoms with Gasteiger partial charge in [0.05, 0.1) is 17.9 Å². The molecule has 5 aliphatic heterocycles. The number of rotatable bonds is 7. The molecule has 0 bridgehead atoms. The highest BCUT2D eigenvalue weighted by molar-refractivity contribution is 7.85. The van der Waals surface area contributed by atoms with Crippen LogP contribution < -0.4 is 5.32 Å². The smallest absolute Gasteiger partial charge is 0.309 e. The van der Waals surface area contributed by atoms with Gasteiger partial charge in [0.1, 0.15) is 12.1 Å². The SMILES string of the molecule is CC(C)[C@H]1C(=O)N2CCC[C@H]2[C@@]2(OOS(C)(=O)=O)O[C@](NC(=O)[C@@H]3C=C4c5cccc6c5C(=C=N6)C[C@H]4N(C)C3)(C(C)C)C(=O)N12. The summed E-state index contributed by atoms with van der Waals surface area (Å²) in [6, 6.07) is 4.07. The van der Waals surface area contributed by atoms with Crippen molar-refractivity contribution in [2.75, 3.05) is 26.4 Å². The van der Waals surface area contributed by atoms with E-state index in [2.05, 4.69) is 21.1 Å². The molecule has 246 valence electrons. The molecule has 3 saturated heterocycles. The number of nitrogens with zero attached hydrogens (tertiary/aromatic N) is 4. The first-order valence-corrected chi connectivity index (χ1v) is 17.6. The normalized spacial score (nSPS) is 33.2. The average molecular weight is 654 g/mol. The van der Waals surface area contributed by atoms with Gasteiger partial charge in [0.25, 0.3) is 16.0 Å². The Morgan fingerprint density at radius 2 is 1.98 bits per heavy atom. The first-order valence-electron chi connectivity index (χ1n) is 15.8. The molecule has 1 N–H and O–H groups in total. The molecule has 3 amide bonds. The number of likely N-dealkylation sites (N-methyl/N-ethyl adjacent to an activating group) is 1. The van der Waals surface area contributed by atoms with Gasteiger partial charge >= 0.3 is 5.91 Å². The van der Waals surface area contributed by atoms with E-state index in [0.717, 1.165) is 40.6 Å². The Balaban J connectivity index is 1.28. The molecule has 0 aromatic heterocycles. The van der Waals surface area contributed by atoms with Crippen molar-refractivity contribution in [3.8, 4) is 0 Å². The molecule has 13 nitrogen and oxygen atoms in total. The number of fused-ring (bicyclic) bond motifs is 5. The number of piperazine rings is 1. The van der Waals surface area contributed by atoms with Crippen LogP contribution in [0, 0.1) is 17.8 Å². The quantitative estimate of drug-likeness (QED) is 0.345. The van der Waals surface area contributed by atoms with Crippen molar-refractivity contribution in [1.29, 1.82) is 0 Å². The topological polar surface area (TPSA) is 147 Å². The molecule has 14 heteroatoms. The van der Waals surface area contributed by atoms with Crippen molar-refractivity contribution in [2.24, 2.45) is 22.7 Å². The second-order valence-corrected chi connectivity index (χ2v) is 15.4. The Labute approximate surface area is 268 Å². The molecular formula is C32H39N5O8S. The van der Waals surface area contributed by atoms with E-state index in [9.17, 15) is 22.8 Å². The largest absolute Gasteiger partial charge is 0.330 e. The molecule has 5 heterocycles. The van der Waals surface area contributed by atoms with Crippen LogP contribution in [0.4, 0.5) is 5.69 Å². The predicted molar refractivity (Wildman–Crippen MR) is 166 cm³/mol. The summed E-state index contributed by atoms with van der Waals surface area (Å²) in [4.78, 5) is 57.8. The maximum Gasteiger partial charge on any atom is 0.309 e. The van der Waals surface area contributed by atoms with Gasteiger partial charge in [-0.05, 0) is 48.9 Å². The highest BCUT2D eigenvalue weighted by Gasteiger charge is 2.74. The fourth-order valence-corrected chi connectivity index (χ4v) is 8.24. The maximum absolute atomic E-state index is 14.7. The minimum atomic E-state index is -4.16. The summed E-state index contributed by atoms with van der Waals surface area (Å²) >= 11 is 0. The number of aliphatic imine (C=N–C) groups is 1. The lowest BCUT2D eigenvalue weighted by atomic mass is 9.77. The monoisotopic (exact) mass is 653 g/mol. The van der Waals surface area contributed by atoms with E-state index < -0.39 is 63.4 Å². The summed E-state index contributed by atoms with van der Waals surface area (Å²) in [5.41, 5.74) is 2.99. The molecule has 46 heavy (non-hydrogen) atoms. The third-order valence-electron chi connectivity index (χ3n) is 10.2. The average Bonchev–Trinajstić information content (AvgIpc) is 3.71. The third kappa shape index (κ3) is 4.45. The van der Waals surface area contributed by atoms with Crippen molar-refractivity contribution in [3.05, 3.63) is 35.4 Å². The molecule has 0 saturated carbocycles. The summed E-state index contributed by atoms with van der Waals surface area (Å²) < 4.78 is 35.9. The molecule has 1 aliphatic carbocycles. The zero-order valence-corrected chi connectivity index (χ0v) is 27.6. The maximum atomic E-state index is 14.7. The standard InChI is InChI=1S/C32H39N5O8S/c1-17(2)27-29(39)36-12-8-11-25(36)32(44-45-46(6,41)42)37(27)30(40)31(43-32,18(3)4)34-28(38)20-13-22-21-9-7-10-23-26(21)19(15-33-23)14-24(22)35(5)16-20/h7,9-10,13,17-18,20,24-25,27H,8,11-12,14,16H2,1-6H3,(H,34,38)/t20-,24-,25+,27+,31-,32+/m1/s1. The van der Waals surface area contributed by atoms with Gasteiger partial charge in [0.2, 0.25) is 17.5 Å². The van der Waals surface area contributed by atoms with E-state index in [0.29, 0.717) is 25.9 Å². The second kappa shape index (κ2) is 10.6. The van der Waals surface area contributed by atoms with Crippen LogP contribution in [0.15, 0.2) is 29.3 Å². The number of nitrogens with one attached hydrogen (secondary N) is 1. The molecule has 1 aromatic rings. The van der Waals surface area contributed by atoms with Gasteiger partial charge in [-0.15, -0.1) is 4.33 Å². The van der Waals surface area contributed by atoms with Crippen molar-refractivity contribution < 1.29 is 36.8 Å². The van der Waals surface area contributed by atoms with Crippen LogP contribution in [-0.2, 0) is 38.5 Å². The van der Waals surface area contributed by atoms with Crippen molar-refractivity contribution in [3.63, 3.8) is 0 Å². The van der Waals surface area contributed by atoms with E-state index in [1.54, 1.807) is 32.6 Å². The molecule has 0 spiro atoms. The first-order chi connectivity index (χ1) is 21.7. The number of benzene rings is 1. The molecule has 0 radical (unpaired) electrons. The van der Waals surface area contributed by atoms with Crippen LogP contribution in [0.5, 0.6) is 0 Å². The number of carbonyl (C=O) groups excluding carboxylic acids is 3. The van der Waals surface area contributed by atoms with Crippen LogP contribution in [0.25, 0.3) is 11.1 Å². The first kappa shape index (κ1) is 31.2. The van der Waals surface area contributed by atoms with Crippen molar-refractivity contribution >= 4 is 50.5 Å². The molecule has 0 unspecified atom stereocenters. The summed E-state index contributed by atoms with van der Waals surface area (Å²) in [5, 5.41) is 2.94. The highest BCUT2D eigenvalue weighted by atomic mass is 32.2. The van der Waals surface area contributed by atoms with Gasteiger partial charge in [-0.2, -0.15) is 13.3 Å². The van der Waals surface area contributed by atoms with E-state index in [4.69, 9.17) is 14.0 Å². The minimum absolute atomic E-state index is 0.0379. The van der Waals surface area contributed by atoms with Crippen LogP contribution in [-0.4, -0.2) is 103 Å². The molecule has 1 aromatic carbocycles. The Hall–Kier alpha value is -3.39. The lowest BCUT2D eigenvalue weighted by Crippen LogP contribution is -2.73. The number of hydrogen-bond acceptors (Lipinski definition) is 10. The molecule has 6 atom stereocenters. The fraction of sp³-hybridized carbons (Fsp3) is 0.594. The van der Waals surface area contributed by atoms with Crippen molar-refractivity contribution in [2.45, 2.75) is 76.7 Å². The summed E-state index contributed by atoms with van der Waals surface area (Å²) in [6.45, 7) is 7.80. The van der Waals surface area contributed by atoms with Crippen LogP contribution in [0.1, 0.15) is 58.1 Å². The summed E-state index contributed by atoms with van der Waals surface area (Å²) in [6.07, 6.45) is 4.47. The van der Waals surface area contributed by atoms with E-state index in [1.165, 1.54) is 4.90 Å². The molecule has 7 rings (SSSR count). The Morgan fingerprint density at radius 3 is 2.67 bits per heavy atom. The van der Waals surface area contributed by atoms with Gasteiger partial charge in [0.15, 0.2) is 0 Å². The molecule has 6 aliphatic rings. The number of ether oxygens (including phenoxy) is 1. The van der Waals surface area contributed by atoms with Gasteiger partial charge in [-0.3, -0.25) is 28.9 Å². The zero-order valence-electron chi connectivity index (χ0n) is 26.8. The van der Waals surface area contributed by atoms with Gasteiger partial charge in [0, 0.05) is 42.6 Å². The lowest BCUT2D eigenvalue weighted by Gasteiger charge is -2.50. The number of amides is 3. The summed E-state index contributed by atoms with van der Waals surface area (Å²) in [7, 11) is -2.20. The molecule has 3 fully saturated rings. The molecular weight excluding hydrogens is 614 g/mol. The van der Waals surface area contributed by atoms with Gasteiger partial charge in [-0.25, -0.2) is 4.99 Å². The Bertz CT molecular complexity index is 1750. The Kier molecular flexibility index (Phi) is 7.17. The van der Waals surface area contributed by atoms with E-state index in [1.807, 2.05) is 31.3 Å². The Morgan fingerprint density at radius 1 is 1.22 bits per heavy atom. The van der Waals surface area contributed by atoms with Gasteiger partial charge < -0.3 is 10.2 Å². The van der Waals surface area contributed by atoms with Crippen molar-refractivity contribution in [1.82, 2.24) is 20.0 Å². The fourth-order valence-electron chi connectivity index (χ4n) is 8.02. The predicted octanol–water partition coefficient (Wildman–Crippen LogP) is 2.02. The summed E-state index contributed by atoms with van der Waals surface area (Å²) in [5.74, 6) is -2.06. The van der Waals surface area contributed by atoms with E-state index in [-0.39, 0.29) is 11.9 Å². The third-order valence-corrected chi connectivity index (χ3v) is 10.5. The van der Waals surface area contributed by atoms with Crippen LogP contribution >= 0.6 is 0 Å².